The van der Waals surface area contributed by atoms with E-state index < -0.39 is 0 Å². The topological polar surface area (TPSA) is 70.5 Å². The van der Waals surface area contributed by atoms with Gasteiger partial charge < -0.3 is 20.1 Å². The van der Waals surface area contributed by atoms with Crippen LogP contribution in [0, 0.1) is 0 Å². The molecule has 100 valence electrons. The van der Waals surface area contributed by atoms with Crippen LogP contribution in [0.15, 0.2) is 10.8 Å². The number of hydrogen-bond donors (Lipinski definition) is 2. The predicted octanol–water partition coefficient (Wildman–Crippen LogP) is 0.867. The largest absolute Gasteiger partial charge is 0.394 e. The minimum Gasteiger partial charge on any atom is -0.394 e. The molecule has 2 unspecified atom stereocenters. The van der Waals surface area contributed by atoms with E-state index in [0.29, 0.717) is 6.54 Å². The summed E-state index contributed by atoms with van der Waals surface area (Å²) in [5, 5.41) is 12.2. The Morgan fingerprint density at radius 3 is 3.00 bits per heavy atom. The highest BCUT2D eigenvalue weighted by Gasteiger charge is 2.27. The highest BCUT2D eigenvalue weighted by molar-refractivity contribution is 9.10. The highest BCUT2D eigenvalue weighted by atomic mass is 79.9. The van der Waals surface area contributed by atoms with Gasteiger partial charge in [0, 0.05) is 20.1 Å². The Morgan fingerprint density at radius 1 is 1.56 bits per heavy atom. The first kappa shape index (κ1) is 13.5. The fraction of sp³-hybridized carbons (Fsp3) is 0.636. The Morgan fingerprint density at radius 2 is 2.33 bits per heavy atom. The first-order chi connectivity index (χ1) is 8.65. The number of aliphatic hydroxyl groups excluding tert-OH is 1. The third kappa shape index (κ3) is 2.73. The average molecular weight is 317 g/mol. The molecular formula is C11H17BrN4O2. The summed E-state index contributed by atoms with van der Waals surface area (Å²) in [7, 11) is 1.81. The maximum atomic E-state index is 9.24. The van der Waals surface area contributed by atoms with Crippen LogP contribution in [-0.2, 0) is 4.74 Å². The van der Waals surface area contributed by atoms with E-state index in [2.05, 4.69) is 36.1 Å². The van der Waals surface area contributed by atoms with Crippen LogP contribution < -0.4 is 10.2 Å². The molecule has 18 heavy (non-hydrogen) atoms. The Kier molecular flexibility index (Phi) is 4.36. The monoisotopic (exact) mass is 316 g/mol. The fourth-order valence-electron chi connectivity index (χ4n) is 2.07. The molecule has 2 N–H and O–H groups in total. The maximum Gasteiger partial charge on any atom is 0.148 e. The van der Waals surface area contributed by atoms with Crippen molar-refractivity contribution in [2.24, 2.45) is 0 Å². The van der Waals surface area contributed by atoms with Gasteiger partial charge in [-0.05, 0) is 22.9 Å². The minimum absolute atomic E-state index is 0.0163. The summed E-state index contributed by atoms with van der Waals surface area (Å²) in [5.41, 5.74) is 0. The van der Waals surface area contributed by atoms with E-state index in [-0.39, 0.29) is 18.8 Å². The van der Waals surface area contributed by atoms with Crippen molar-refractivity contribution in [1.29, 1.82) is 0 Å². The number of nitrogens with zero attached hydrogens (tertiary/aromatic N) is 3. The van der Waals surface area contributed by atoms with Gasteiger partial charge in [-0.25, -0.2) is 9.97 Å². The molecule has 2 rings (SSSR count). The standard InChI is InChI=1S/C11H17BrN4O2/c1-7-3-16(4-8(5-17)18-7)11-9(12)10(13-2)14-6-15-11/h6-8,17H,3-5H2,1-2H3,(H,13,14,15). The third-order valence-electron chi connectivity index (χ3n) is 2.84. The van der Waals surface area contributed by atoms with Gasteiger partial charge in [0.2, 0.25) is 0 Å². The van der Waals surface area contributed by atoms with Gasteiger partial charge in [0.15, 0.2) is 0 Å². The quantitative estimate of drug-likeness (QED) is 0.862. The summed E-state index contributed by atoms with van der Waals surface area (Å²) >= 11 is 3.51. The summed E-state index contributed by atoms with van der Waals surface area (Å²) in [6.07, 6.45) is 1.42. The molecule has 1 fully saturated rings. The number of morpholine rings is 1. The molecule has 0 bridgehead atoms. The molecule has 0 aliphatic carbocycles. The van der Waals surface area contributed by atoms with E-state index in [1.165, 1.54) is 6.33 Å². The van der Waals surface area contributed by atoms with E-state index in [1.54, 1.807) is 0 Å². The van der Waals surface area contributed by atoms with Gasteiger partial charge in [-0.15, -0.1) is 0 Å². The Labute approximate surface area is 115 Å². The normalized spacial score (nSPS) is 24.1. The van der Waals surface area contributed by atoms with Gasteiger partial charge in [0.05, 0.1) is 18.8 Å². The lowest BCUT2D eigenvalue weighted by molar-refractivity contribution is -0.0423. The summed E-state index contributed by atoms with van der Waals surface area (Å²) < 4.78 is 6.45. The van der Waals surface area contributed by atoms with Crippen LogP contribution in [0.2, 0.25) is 0 Å². The van der Waals surface area contributed by atoms with Crippen molar-refractivity contribution in [2.45, 2.75) is 19.1 Å². The third-order valence-corrected chi connectivity index (χ3v) is 3.57. The average Bonchev–Trinajstić information content (AvgIpc) is 2.38. The summed E-state index contributed by atoms with van der Waals surface area (Å²) in [6.45, 7) is 3.38. The summed E-state index contributed by atoms with van der Waals surface area (Å²) in [5.74, 6) is 1.57. The van der Waals surface area contributed by atoms with Gasteiger partial charge in [0.1, 0.15) is 22.4 Å². The second kappa shape index (κ2) is 5.81. The second-order valence-electron chi connectivity index (χ2n) is 4.27. The molecule has 1 aromatic rings. The Hall–Kier alpha value is -0.920. The first-order valence-electron chi connectivity index (χ1n) is 5.85. The Bertz CT molecular complexity index is 418. The van der Waals surface area contributed by atoms with Crippen molar-refractivity contribution >= 4 is 27.6 Å². The molecule has 0 radical (unpaired) electrons. The van der Waals surface area contributed by atoms with Crippen LogP contribution >= 0.6 is 15.9 Å². The van der Waals surface area contributed by atoms with Gasteiger partial charge in [-0.3, -0.25) is 0 Å². The van der Waals surface area contributed by atoms with Crippen LogP contribution in [0.25, 0.3) is 0 Å². The summed E-state index contributed by atoms with van der Waals surface area (Å²) in [4.78, 5) is 10.5. The number of anilines is 2. The van der Waals surface area contributed by atoms with Gasteiger partial charge >= 0.3 is 0 Å². The minimum atomic E-state index is -0.173. The molecule has 0 spiro atoms. The van der Waals surface area contributed by atoms with Crippen molar-refractivity contribution in [1.82, 2.24) is 9.97 Å². The summed E-state index contributed by atoms with van der Waals surface area (Å²) in [6, 6.07) is 0. The lowest BCUT2D eigenvalue weighted by Crippen LogP contribution is -2.48. The van der Waals surface area contributed by atoms with E-state index in [9.17, 15) is 5.11 Å². The van der Waals surface area contributed by atoms with Crippen molar-refractivity contribution in [2.75, 3.05) is 37.0 Å². The molecule has 6 nitrogen and oxygen atoms in total. The molecule has 1 aromatic heterocycles. The fourth-order valence-corrected chi connectivity index (χ4v) is 2.73. The van der Waals surface area contributed by atoms with E-state index in [0.717, 1.165) is 22.7 Å². The molecule has 1 aliphatic rings. The molecular weight excluding hydrogens is 300 g/mol. The number of halogens is 1. The number of nitrogens with one attached hydrogen (secondary N) is 1. The molecule has 0 saturated carbocycles. The molecule has 0 amide bonds. The van der Waals surface area contributed by atoms with E-state index in [4.69, 9.17) is 4.74 Å². The van der Waals surface area contributed by atoms with Crippen LogP contribution in [0.4, 0.5) is 11.6 Å². The number of ether oxygens (including phenoxy) is 1. The van der Waals surface area contributed by atoms with Crippen molar-refractivity contribution in [3.63, 3.8) is 0 Å². The number of hydrogen-bond acceptors (Lipinski definition) is 6. The zero-order valence-corrected chi connectivity index (χ0v) is 12.0. The van der Waals surface area contributed by atoms with Crippen LogP contribution in [0.3, 0.4) is 0 Å². The van der Waals surface area contributed by atoms with Gasteiger partial charge in [0.25, 0.3) is 0 Å². The van der Waals surface area contributed by atoms with Crippen LogP contribution in [-0.4, -0.2) is 54.0 Å². The van der Waals surface area contributed by atoms with Crippen molar-refractivity contribution < 1.29 is 9.84 Å². The molecule has 1 saturated heterocycles. The van der Waals surface area contributed by atoms with E-state index in [1.807, 2.05) is 14.0 Å². The zero-order valence-electron chi connectivity index (χ0n) is 10.4. The second-order valence-corrected chi connectivity index (χ2v) is 5.06. The SMILES string of the molecule is CNc1ncnc(N2CC(C)OC(CO)C2)c1Br. The molecule has 2 heterocycles. The number of aliphatic hydroxyl groups is 1. The first-order valence-corrected chi connectivity index (χ1v) is 6.64. The molecule has 0 aromatic carbocycles. The Balaban J connectivity index is 2.25. The highest BCUT2D eigenvalue weighted by Crippen LogP contribution is 2.30. The molecule has 1 aliphatic heterocycles. The smallest absolute Gasteiger partial charge is 0.148 e. The van der Waals surface area contributed by atoms with Crippen molar-refractivity contribution in [3.8, 4) is 0 Å². The van der Waals surface area contributed by atoms with Crippen molar-refractivity contribution in [3.05, 3.63) is 10.8 Å². The van der Waals surface area contributed by atoms with E-state index >= 15 is 0 Å². The van der Waals surface area contributed by atoms with Gasteiger partial charge in [-0.2, -0.15) is 0 Å². The zero-order chi connectivity index (χ0) is 13.1. The molecule has 2 atom stereocenters. The van der Waals surface area contributed by atoms with Crippen LogP contribution in [0.5, 0.6) is 0 Å². The lowest BCUT2D eigenvalue weighted by atomic mass is 10.2. The number of rotatable bonds is 3. The maximum absolute atomic E-state index is 9.24. The molecule has 7 heteroatoms. The predicted molar refractivity (Wildman–Crippen MR) is 72.9 cm³/mol. The van der Waals surface area contributed by atoms with Crippen LogP contribution in [0.1, 0.15) is 6.92 Å². The van der Waals surface area contributed by atoms with Gasteiger partial charge in [-0.1, -0.05) is 0 Å². The lowest BCUT2D eigenvalue weighted by Gasteiger charge is -2.37. The number of aromatic nitrogens is 2.